The third-order valence-electron chi connectivity index (χ3n) is 3.53. The van der Waals surface area contributed by atoms with E-state index in [9.17, 15) is 10.5 Å². The second kappa shape index (κ2) is 7.86. The summed E-state index contributed by atoms with van der Waals surface area (Å²) in [6.07, 6.45) is 1.56. The molecule has 1 heterocycles. The van der Waals surface area contributed by atoms with Crippen molar-refractivity contribution in [3.63, 3.8) is 0 Å². The molecular weight excluding hydrogens is 322 g/mol. The van der Waals surface area contributed by atoms with Gasteiger partial charge < -0.3 is 20.3 Å². The van der Waals surface area contributed by atoms with Crippen LogP contribution in [0.4, 0.5) is 5.82 Å². The molecule has 2 rings (SSSR count). The fourth-order valence-corrected chi connectivity index (χ4v) is 2.29. The van der Waals surface area contributed by atoms with Gasteiger partial charge in [0, 0.05) is 11.6 Å². The van der Waals surface area contributed by atoms with Crippen molar-refractivity contribution in [1.82, 2.24) is 9.78 Å². The first-order chi connectivity index (χ1) is 12.1. The predicted molar refractivity (Wildman–Crippen MR) is 91.5 cm³/mol. The van der Waals surface area contributed by atoms with Gasteiger partial charge in [0.25, 0.3) is 0 Å². The van der Waals surface area contributed by atoms with Crippen LogP contribution < -0.4 is 15.2 Å². The maximum atomic E-state index is 9.52. The lowest BCUT2D eigenvalue weighted by Crippen LogP contribution is -2.07. The van der Waals surface area contributed by atoms with Crippen LogP contribution >= 0.6 is 0 Å². The van der Waals surface area contributed by atoms with E-state index < -0.39 is 0 Å². The van der Waals surface area contributed by atoms with Gasteiger partial charge in [0.1, 0.15) is 40.7 Å². The Bertz CT molecular complexity index is 887. The van der Waals surface area contributed by atoms with E-state index in [1.165, 1.54) is 11.8 Å². The normalized spacial score (nSPS) is 10.8. The lowest BCUT2D eigenvalue weighted by atomic mass is 10.1. The van der Waals surface area contributed by atoms with Gasteiger partial charge in [0.05, 0.1) is 32.9 Å². The van der Waals surface area contributed by atoms with E-state index >= 15 is 0 Å². The Morgan fingerprint density at radius 2 is 2.12 bits per heavy atom. The van der Waals surface area contributed by atoms with Crippen molar-refractivity contribution < 1.29 is 14.6 Å². The number of benzene rings is 1. The van der Waals surface area contributed by atoms with Gasteiger partial charge in [0.2, 0.25) is 0 Å². The number of rotatable bonds is 6. The van der Waals surface area contributed by atoms with Crippen LogP contribution in [0, 0.1) is 22.7 Å². The molecule has 1 aromatic heterocycles. The number of nitriles is 2. The molecule has 0 saturated carbocycles. The molecule has 0 unspecified atom stereocenters. The molecule has 8 heteroatoms. The van der Waals surface area contributed by atoms with Gasteiger partial charge in [-0.2, -0.15) is 15.6 Å². The summed E-state index contributed by atoms with van der Waals surface area (Å²) in [5.41, 5.74) is 6.90. The van der Waals surface area contributed by atoms with Crippen molar-refractivity contribution in [3.05, 3.63) is 35.0 Å². The second-order valence-corrected chi connectivity index (χ2v) is 4.95. The molecule has 2 aromatic rings. The Morgan fingerprint density at radius 3 is 2.68 bits per heavy atom. The Balaban J connectivity index is 2.58. The van der Waals surface area contributed by atoms with E-state index in [-0.39, 0.29) is 35.8 Å². The first kappa shape index (κ1) is 17.9. The zero-order chi connectivity index (χ0) is 18.4. The average Bonchev–Trinajstić information content (AvgIpc) is 2.95. The SMILES string of the molecule is COc1ccc(/C=C(\C#N)c2nn(CCO)c(N)c2C#N)c(OC)c1. The topological polar surface area (TPSA) is 130 Å². The van der Waals surface area contributed by atoms with Crippen molar-refractivity contribution in [2.75, 3.05) is 26.6 Å². The molecule has 3 N–H and O–H groups in total. The van der Waals surface area contributed by atoms with Crippen LogP contribution in [-0.2, 0) is 6.54 Å². The minimum Gasteiger partial charge on any atom is -0.497 e. The van der Waals surface area contributed by atoms with Crippen LogP contribution in [0.5, 0.6) is 11.5 Å². The minimum atomic E-state index is -0.186. The van der Waals surface area contributed by atoms with Crippen molar-refractivity contribution in [3.8, 4) is 23.6 Å². The molecule has 25 heavy (non-hydrogen) atoms. The largest absolute Gasteiger partial charge is 0.497 e. The number of aromatic nitrogens is 2. The minimum absolute atomic E-state index is 0.0914. The first-order valence-electron chi connectivity index (χ1n) is 7.31. The lowest BCUT2D eigenvalue weighted by Gasteiger charge is -2.07. The number of hydrogen-bond donors (Lipinski definition) is 2. The van der Waals surface area contributed by atoms with Gasteiger partial charge in [-0.25, -0.2) is 4.68 Å². The van der Waals surface area contributed by atoms with E-state index in [0.717, 1.165) is 0 Å². The van der Waals surface area contributed by atoms with Gasteiger partial charge in [-0.1, -0.05) is 0 Å². The maximum absolute atomic E-state index is 9.52. The molecule has 0 bridgehead atoms. The van der Waals surface area contributed by atoms with Crippen LogP contribution in [0.2, 0.25) is 0 Å². The summed E-state index contributed by atoms with van der Waals surface area (Å²) in [7, 11) is 3.05. The van der Waals surface area contributed by atoms with E-state index in [0.29, 0.717) is 17.1 Å². The van der Waals surface area contributed by atoms with Gasteiger partial charge in [-0.3, -0.25) is 0 Å². The highest BCUT2D eigenvalue weighted by Crippen LogP contribution is 2.30. The molecule has 0 aliphatic heterocycles. The molecule has 0 saturated heterocycles. The van der Waals surface area contributed by atoms with Crippen LogP contribution in [0.3, 0.4) is 0 Å². The van der Waals surface area contributed by atoms with Crippen LogP contribution in [-0.4, -0.2) is 35.7 Å². The quantitative estimate of drug-likeness (QED) is 0.761. The van der Waals surface area contributed by atoms with Crippen LogP contribution in [0.15, 0.2) is 18.2 Å². The second-order valence-electron chi connectivity index (χ2n) is 4.95. The van der Waals surface area contributed by atoms with Gasteiger partial charge >= 0.3 is 0 Å². The molecule has 128 valence electrons. The summed E-state index contributed by atoms with van der Waals surface area (Å²) < 4.78 is 11.8. The summed E-state index contributed by atoms with van der Waals surface area (Å²) in [6, 6.07) is 9.14. The standard InChI is InChI=1S/C17H17N5O3/c1-24-13-4-3-11(15(8-13)25-2)7-12(9-18)16-14(10-19)17(20)22(21-16)5-6-23/h3-4,7-8,23H,5-6,20H2,1-2H3/b12-7+. The Labute approximate surface area is 144 Å². The summed E-state index contributed by atoms with van der Waals surface area (Å²) >= 11 is 0. The highest BCUT2D eigenvalue weighted by molar-refractivity contribution is 5.92. The Morgan fingerprint density at radius 1 is 1.36 bits per heavy atom. The summed E-state index contributed by atoms with van der Waals surface area (Å²) in [5, 5.41) is 32.1. The molecule has 0 spiro atoms. The Hall–Kier alpha value is -3.49. The monoisotopic (exact) mass is 339 g/mol. The fraction of sp³-hybridized carbons (Fsp3) is 0.235. The number of nitrogen functional groups attached to an aromatic ring is 1. The van der Waals surface area contributed by atoms with Gasteiger partial charge in [-0.05, 0) is 18.2 Å². The lowest BCUT2D eigenvalue weighted by molar-refractivity contribution is 0.270. The molecule has 0 aliphatic carbocycles. The molecular formula is C17H17N5O3. The number of nitrogens with zero attached hydrogens (tertiary/aromatic N) is 4. The van der Waals surface area contributed by atoms with Crippen molar-refractivity contribution >= 4 is 17.5 Å². The first-order valence-corrected chi connectivity index (χ1v) is 7.31. The Kier molecular flexibility index (Phi) is 5.62. The zero-order valence-electron chi connectivity index (χ0n) is 13.9. The highest BCUT2D eigenvalue weighted by atomic mass is 16.5. The van der Waals surface area contributed by atoms with Gasteiger partial charge in [-0.15, -0.1) is 0 Å². The number of nitrogens with two attached hydrogens (primary N) is 1. The third-order valence-corrected chi connectivity index (χ3v) is 3.53. The molecule has 8 nitrogen and oxygen atoms in total. The van der Waals surface area contributed by atoms with Crippen LogP contribution in [0.25, 0.3) is 11.6 Å². The molecule has 1 aromatic carbocycles. The number of methoxy groups -OCH3 is 2. The van der Waals surface area contributed by atoms with Crippen molar-refractivity contribution in [2.24, 2.45) is 0 Å². The fourth-order valence-electron chi connectivity index (χ4n) is 2.29. The number of ether oxygens (including phenoxy) is 2. The van der Waals surface area contributed by atoms with Crippen LogP contribution in [0.1, 0.15) is 16.8 Å². The third kappa shape index (κ3) is 3.55. The zero-order valence-corrected chi connectivity index (χ0v) is 13.9. The molecule has 0 amide bonds. The number of aliphatic hydroxyl groups excluding tert-OH is 1. The average molecular weight is 339 g/mol. The van der Waals surface area contributed by atoms with Gasteiger partial charge in [0.15, 0.2) is 0 Å². The molecule has 0 aliphatic rings. The van der Waals surface area contributed by atoms with Crippen molar-refractivity contribution in [2.45, 2.75) is 6.54 Å². The highest BCUT2D eigenvalue weighted by Gasteiger charge is 2.19. The maximum Gasteiger partial charge on any atom is 0.140 e. The van der Waals surface area contributed by atoms with Crippen molar-refractivity contribution in [1.29, 1.82) is 10.5 Å². The number of allylic oxidation sites excluding steroid dienone is 1. The molecule has 0 fully saturated rings. The van der Waals surface area contributed by atoms with E-state index in [1.54, 1.807) is 31.4 Å². The summed E-state index contributed by atoms with van der Waals surface area (Å²) in [5.74, 6) is 1.23. The number of hydrogen-bond acceptors (Lipinski definition) is 7. The molecule has 0 atom stereocenters. The number of aliphatic hydroxyl groups is 1. The summed E-state index contributed by atoms with van der Waals surface area (Å²) in [6.45, 7) is -0.0564. The van der Waals surface area contributed by atoms with E-state index in [1.807, 2.05) is 12.1 Å². The smallest absolute Gasteiger partial charge is 0.140 e. The number of anilines is 1. The summed E-state index contributed by atoms with van der Waals surface area (Å²) in [4.78, 5) is 0. The molecule has 0 radical (unpaired) electrons. The predicted octanol–water partition coefficient (Wildman–Crippen LogP) is 1.41. The van der Waals surface area contributed by atoms with E-state index in [2.05, 4.69) is 5.10 Å². The van der Waals surface area contributed by atoms with E-state index in [4.69, 9.17) is 20.3 Å².